The molecule has 0 aromatic heterocycles. The third-order valence-corrected chi connectivity index (χ3v) is 5.81. The second-order valence-corrected chi connectivity index (χ2v) is 8.11. The van der Waals surface area contributed by atoms with Crippen LogP contribution in [0.2, 0.25) is 0 Å². The van der Waals surface area contributed by atoms with Crippen molar-refractivity contribution >= 4 is 17.8 Å². The van der Waals surface area contributed by atoms with Crippen molar-refractivity contribution in [1.29, 1.82) is 0 Å². The van der Waals surface area contributed by atoms with Crippen LogP contribution in [0.25, 0.3) is 0 Å². The summed E-state index contributed by atoms with van der Waals surface area (Å²) in [5, 5.41) is 6.01. The Labute approximate surface area is 161 Å². The third-order valence-electron chi connectivity index (χ3n) is 4.73. The van der Waals surface area contributed by atoms with Crippen LogP contribution in [0.4, 0.5) is 18.0 Å². The molecule has 1 fully saturated rings. The van der Waals surface area contributed by atoms with Gasteiger partial charge in [-0.2, -0.15) is 13.2 Å². The lowest BCUT2D eigenvalue weighted by molar-refractivity contribution is -0.137. The molecule has 3 nitrogen and oxygen atoms in total. The van der Waals surface area contributed by atoms with E-state index in [0.717, 1.165) is 47.6 Å². The number of carbonyl (C=O) groups is 1. The lowest BCUT2D eigenvalue weighted by Crippen LogP contribution is -2.46. The molecular formula is C20H23F3N2OS. The molecule has 2 N–H and O–H groups in total. The lowest BCUT2D eigenvalue weighted by atomic mass is 9.96. The Morgan fingerprint density at radius 2 is 1.74 bits per heavy atom. The minimum atomic E-state index is -4.32. The summed E-state index contributed by atoms with van der Waals surface area (Å²) in [6, 6.07) is 5.12. The molecule has 1 saturated carbocycles. The fourth-order valence-corrected chi connectivity index (χ4v) is 4.31. The molecule has 1 aromatic rings. The van der Waals surface area contributed by atoms with Gasteiger partial charge in [0.1, 0.15) is 0 Å². The smallest absolute Gasteiger partial charge is 0.335 e. The molecule has 0 heterocycles. The van der Waals surface area contributed by atoms with Gasteiger partial charge in [0.05, 0.1) is 11.6 Å². The molecule has 27 heavy (non-hydrogen) atoms. The van der Waals surface area contributed by atoms with E-state index < -0.39 is 11.7 Å². The van der Waals surface area contributed by atoms with Gasteiger partial charge in [-0.15, -0.1) is 0 Å². The first-order chi connectivity index (χ1) is 12.9. The quantitative estimate of drug-likeness (QED) is 0.691. The van der Waals surface area contributed by atoms with Crippen LogP contribution in [0.5, 0.6) is 0 Å². The highest BCUT2D eigenvalue weighted by Gasteiger charge is 2.30. The number of hydrogen-bond acceptors (Lipinski definition) is 2. The van der Waals surface area contributed by atoms with Crippen molar-refractivity contribution in [3.63, 3.8) is 0 Å². The minimum absolute atomic E-state index is 0.115. The summed E-state index contributed by atoms with van der Waals surface area (Å²) >= 11 is 1.42. The van der Waals surface area contributed by atoms with E-state index in [-0.39, 0.29) is 18.1 Å². The average Bonchev–Trinajstić information content (AvgIpc) is 2.62. The number of carbonyl (C=O) groups excluding carboxylic acids is 1. The van der Waals surface area contributed by atoms with E-state index >= 15 is 0 Å². The molecule has 0 aliphatic heterocycles. The van der Waals surface area contributed by atoms with Crippen LogP contribution < -0.4 is 10.6 Å². The van der Waals surface area contributed by atoms with Crippen molar-refractivity contribution in [2.75, 3.05) is 0 Å². The highest BCUT2D eigenvalue weighted by molar-refractivity contribution is 8.03. The summed E-state index contributed by atoms with van der Waals surface area (Å²) in [4.78, 5) is 13.9. The summed E-state index contributed by atoms with van der Waals surface area (Å²) in [6.45, 7) is 0. The molecule has 1 atom stereocenters. The first kappa shape index (κ1) is 19.9. The van der Waals surface area contributed by atoms with Gasteiger partial charge in [-0.25, -0.2) is 4.79 Å². The number of halogens is 3. The SMILES string of the molecule is O=C(NC1C=CC=C(Sc2ccc(C(F)(F)F)cc2)C1)NC1CCCCC1. The number of allylic oxidation sites excluding steroid dienone is 2. The van der Waals surface area contributed by atoms with Crippen LogP contribution in [0, 0.1) is 0 Å². The zero-order valence-electron chi connectivity index (χ0n) is 14.9. The molecule has 2 amide bonds. The van der Waals surface area contributed by atoms with Crippen molar-refractivity contribution in [3.05, 3.63) is 53.0 Å². The Bertz CT molecular complexity index is 707. The van der Waals surface area contributed by atoms with Gasteiger partial charge in [0.15, 0.2) is 0 Å². The summed E-state index contributed by atoms with van der Waals surface area (Å²) in [6.07, 6.45) is 7.65. The predicted octanol–water partition coefficient (Wildman–Crippen LogP) is 5.64. The summed E-state index contributed by atoms with van der Waals surface area (Å²) in [5.41, 5.74) is -0.650. The van der Waals surface area contributed by atoms with Gasteiger partial charge in [0, 0.05) is 17.4 Å². The Hall–Kier alpha value is -1.89. The first-order valence-electron chi connectivity index (χ1n) is 9.20. The second-order valence-electron chi connectivity index (χ2n) is 6.91. The molecular weight excluding hydrogens is 373 g/mol. The van der Waals surface area contributed by atoms with Gasteiger partial charge in [-0.05, 0) is 42.0 Å². The monoisotopic (exact) mass is 396 g/mol. The number of rotatable bonds is 4. The topological polar surface area (TPSA) is 41.1 Å². The van der Waals surface area contributed by atoms with Gasteiger partial charge in [-0.1, -0.05) is 49.3 Å². The highest BCUT2D eigenvalue weighted by atomic mass is 32.2. The molecule has 0 spiro atoms. The Morgan fingerprint density at radius 1 is 1.04 bits per heavy atom. The van der Waals surface area contributed by atoms with Crippen LogP contribution >= 0.6 is 11.8 Å². The van der Waals surface area contributed by atoms with Gasteiger partial charge < -0.3 is 10.6 Å². The lowest BCUT2D eigenvalue weighted by Gasteiger charge is -2.25. The molecule has 3 rings (SSSR count). The van der Waals surface area contributed by atoms with E-state index in [1.54, 1.807) is 0 Å². The Morgan fingerprint density at radius 3 is 2.41 bits per heavy atom. The Kier molecular flexibility index (Phi) is 6.52. The average molecular weight is 396 g/mol. The van der Waals surface area contributed by atoms with Crippen molar-refractivity contribution in [2.45, 2.75) is 61.7 Å². The van der Waals surface area contributed by atoms with Crippen LogP contribution in [0.3, 0.4) is 0 Å². The zero-order chi connectivity index (χ0) is 19.3. The summed E-state index contributed by atoms with van der Waals surface area (Å²) < 4.78 is 37.9. The molecule has 1 unspecified atom stereocenters. The maximum atomic E-state index is 12.6. The van der Waals surface area contributed by atoms with E-state index in [9.17, 15) is 18.0 Å². The highest BCUT2D eigenvalue weighted by Crippen LogP contribution is 2.35. The Balaban J connectivity index is 1.49. The largest absolute Gasteiger partial charge is 0.416 e. The molecule has 0 radical (unpaired) electrons. The predicted molar refractivity (Wildman–Crippen MR) is 101 cm³/mol. The number of benzene rings is 1. The normalized spacial score (nSPS) is 20.9. The standard InChI is InChI=1S/C20H23F3N2OS/c21-20(22,23)14-9-11-17(12-10-14)27-18-8-4-7-16(13-18)25-19(26)24-15-5-2-1-3-6-15/h4,7-12,15-16H,1-3,5-6,13H2,(H2,24,25,26). The van der Waals surface area contributed by atoms with Gasteiger partial charge in [0.25, 0.3) is 0 Å². The van der Waals surface area contributed by atoms with E-state index in [1.807, 2.05) is 18.2 Å². The van der Waals surface area contributed by atoms with Crippen molar-refractivity contribution in [1.82, 2.24) is 10.6 Å². The molecule has 146 valence electrons. The number of hydrogen-bond donors (Lipinski definition) is 2. The van der Waals surface area contributed by atoms with E-state index in [4.69, 9.17) is 0 Å². The van der Waals surface area contributed by atoms with Crippen LogP contribution in [0.15, 0.2) is 52.3 Å². The summed E-state index contributed by atoms with van der Waals surface area (Å²) in [5.74, 6) is 0. The van der Waals surface area contributed by atoms with E-state index in [1.165, 1.54) is 30.3 Å². The van der Waals surface area contributed by atoms with E-state index in [2.05, 4.69) is 10.6 Å². The molecule has 0 saturated heterocycles. The van der Waals surface area contributed by atoms with Crippen molar-refractivity contribution in [3.8, 4) is 0 Å². The van der Waals surface area contributed by atoms with Gasteiger partial charge in [0.2, 0.25) is 0 Å². The van der Waals surface area contributed by atoms with Crippen LogP contribution in [-0.4, -0.2) is 18.1 Å². The molecule has 7 heteroatoms. The number of alkyl halides is 3. The van der Waals surface area contributed by atoms with Gasteiger partial charge in [-0.3, -0.25) is 0 Å². The maximum absolute atomic E-state index is 12.6. The van der Waals surface area contributed by atoms with Crippen LogP contribution in [0.1, 0.15) is 44.1 Å². The summed E-state index contributed by atoms with van der Waals surface area (Å²) in [7, 11) is 0. The molecule has 2 aliphatic rings. The van der Waals surface area contributed by atoms with Crippen LogP contribution in [-0.2, 0) is 6.18 Å². The van der Waals surface area contributed by atoms with Gasteiger partial charge >= 0.3 is 12.2 Å². The van der Waals surface area contributed by atoms with E-state index in [0.29, 0.717) is 6.42 Å². The number of urea groups is 1. The van der Waals surface area contributed by atoms with Crippen molar-refractivity contribution in [2.24, 2.45) is 0 Å². The number of thioether (sulfide) groups is 1. The minimum Gasteiger partial charge on any atom is -0.335 e. The third kappa shape index (κ3) is 6.06. The molecule has 2 aliphatic carbocycles. The molecule has 1 aromatic carbocycles. The second kappa shape index (κ2) is 8.87. The first-order valence-corrected chi connectivity index (χ1v) is 10.0. The molecule has 0 bridgehead atoms. The fraction of sp³-hybridized carbons (Fsp3) is 0.450. The maximum Gasteiger partial charge on any atom is 0.416 e. The van der Waals surface area contributed by atoms with Crippen molar-refractivity contribution < 1.29 is 18.0 Å². The zero-order valence-corrected chi connectivity index (χ0v) is 15.7. The fourth-order valence-electron chi connectivity index (χ4n) is 3.33. The number of amides is 2. The number of nitrogens with one attached hydrogen (secondary N) is 2.